The molecule has 0 unspecified atom stereocenters. The SMILES string of the molecule is Cc1cc(-c2cnn3c(NCC4CCCCC4)cc(N)nc23)ccc1C(=O)NC1CC1. The van der Waals surface area contributed by atoms with Gasteiger partial charge in [-0.2, -0.15) is 9.61 Å². The Morgan fingerprint density at radius 3 is 2.71 bits per heavy atom. The van der Waals surface area contributed by atoms with Gasteiger partial charge in [0, 0.05) is 29.8 Å². The number of rotatable bonds is 6. The van der Waals surface area contributed by atoms with Crippen molar-refractivity contribution >= 4 is 23.2 Å². The van der Waals surface area contributed by atoms with Gasteiger partial charge in [-0.3, -0.25) is 4.79 Å². The Balaban J connectivity index is 1.41. The molecule has 0 bridgehead atoms. The average Bonchev–Trinajstić information content (AvgIpc) is 3.48. The number of nitrogens with one attached hydrogen (secondary N) is 2. The summed E-state index contributed by atoms with van der Waals surface area (Å²) in [5.74, 6) is 2.04. The fourth-order valence-corrected chi connectivity index (χ4v) is 4.53. The van der Waals surface area contributed by atoms with E-state index in [2.05, 4.69) is 20.7 Å². The van der Waals surface area contributed by atoms with E-state index in [0.29, 0.717) is 17.8 Å². The van der Waals surface area contributed by atoms with Crippen LogP contribution >= 0.6 is 0 Å². The van der Waals surface area contributed by atoms with Gasteiger partial charge in [-0.1, -0.05) is 31.4 Å². The first kappa shape index (κ1) is 19.8. The van der Waals surface area contributed by atoms with Crippen LogP contribution in [0, 0.1) is 12.8 Å². The van der Waals surface area contributed by atoms with Crippen LogP contribution in [-0.2, 0) is 0 Å². The van der Waals surface area contributed by atoms with Gasteiger partial charge >= 0.3 is 0 Å². The van der Waals surface area contributed by atoms with E-state index in [0.717, 1.165) is 53.1 Å². The molecule has 0 spiro atoms. The number of anilines is 2. The highest BCUT2D eigenvalue weighted by Crippen LogP contribution is 2.29. The van der Waals surface area contributed by atoms with Crippen molar-refractivity contribution in [2.75, 3.05) is 17.6 Å². The van der Waals surface area contributed by atoms with Crippen LogP contribution in [0.15, 0.2) is 30.5 Å². The molecule has 2 fully saturated rings. The Morgan fingerprint density at radius 2 is 1.97 bits per heavy atom. The molecule has 7 heteroatoms. The van der Waals surface area contributed by atoms with Crippen molar-refractivity contribution in [1.29, 1.82) is 0 Å². The van der Waals surface area contributed by atoms with Crippen molar-refractivity contribution < 1.29 is 4.79 Å². The van der Waals surface area contributed by atoms with E-state index in [1.54, 1.807) is 0 Å². The second kappa shape index (κ2) is 8.21. The van der Waals surface area contributed by atoms with Crippen LogP contribution in [0.5, 0.6) is 0 Å². The van der Waals surface area contributed by atoms with E-state index in [1.165, 1.54) is 32.1 Å². The molecule has 2 saturated carbocycles. The number of hydrogen-bond donors (Lipinski definition) is 3. The van der Waals surface area contributed by atoms with Crippen LogP contribution in [0.1, 0.15) is 60.9 Å². The molecule has 0 atom stereocenters. The summed E-state index contributed by atoms with van der Waals surface area (Å²) >= 11 is 0. The van der Waals surface area contributed by atoms with Gasteiger partial charge in [0.05, 0.1) is 6.20 Å². The number of carbonyl (C=O) groups is 1. The average molecular weight is 419 g/mol. The number of amides is 1. The molecule has 1 amide bonds. The zero-order valence-electron chi connectivity index (χ0n) is 18.0. The lowest BCUT2D eigenvalue weighted by Gasteiger charge is -2.22. The maximum absolute atomic E-state index is 12.5. The minimum Gasteiger partial charge on any atom is -0.384 e. The Kier molecular flexibility index (Phi) is 5.26. The Hall–Kier alpha value is -3.09. The third-order valence-electron chi connectivity index (χ3n) is 6.48. The number of benzene rings is 1. The summed E-state index contributed by atoms with van der Waals surface area (Å²) in [6, 6.07) is 8.08. The maximum atomic E-state index is 12.5. The molecule has 1 aromatic carbocycles. The number of nitrogen functional groups attached to an aromatic ring is 1. The van der Waals surface area contributed by atoms with Gasteiger partial charge < -0.3 is 16.4 Å². The molecule has 0 radical (unpaired) electrons. The second-order valence-electron chi connectivity index (χ2n) is 9.02. The molecule has 31 heavy (non-hydrogen) atoms. The predicted octanol–water partition coefficient (Wildman–Crippen LogP) is 4.17. The van der Waals surface area contributed by atoms with Gasteiger partial charge in [0.1, 0.15) is 11.6 Å². The van der Waals surface area contributed by atoms with Gasteiger partial charge in [-0.25, -0.2) is 4.98 Å². The molecule has 162 valence electrons. The van der Waals surface area contributed by atoms with E-state index in [1.807, 2.05) is 41.9 Å². The van der Waals surface area contributed by atoms with Crippen molar-refractivity contribution in [3.8, 4) is 11.1 Å². The zero-order valence-corrected chi connectivity index (χ0v) is 18.0. The molecule has 0 aliphatic heterocycles. The first-order valence-electron chi connectivity index (χ1n) is 11.4. The van der Waals surface area contributed by atoms with Gasteiger partial charge in [-0.15, -0.1) is 0 Å². The smallest absolute Gasteiger partial charge is 0.251 e. The standard InChI is InChI=1S/C24H30N6O/c1-15-11-17(7-10-19(15)24(31)28-18-8-9-18)20-14-27-30-22(12-21(25)29-23(20)30)26-13-16-5-3-2-4-6-16/h7,10-12,14,16,18,26H,2-6,8-9,13H2,1H3,(H2,25,29)(H,28,31). The quantitative estimate of drug-likeness (QED) is 0.558. The molecule has 2 aliphatic rings. The molecule has 7 nitrogen and oxygen atoms in total. The largest absolute Gasteiger partial charge is 0.384 e. The van der Waals surface area contributed by atoms with Gasteiger partial charge in [-0.05, 0) is 55.7 Å². The van der Waals surface area contributed by atoms with Crippen molar-refractivity contribution in [2.24, 2.45) is 5.92 Å². The molecule has 3 aromatic rings. The lowest BCUT2D eigenvalue weighted by molar-refractivity contribution is 0.0950. The highest BCUT2D eigenvalue weighted by Gasteiger charge is 2.24. The molecule has 4 N–H and O–H groups in total. The molecule has 5 rings (SSSR count). The van der Waals surface area contributed by atoms with Crippen LogP contribution in [0.25, 0.3) is 16.8 Å². The number of aromatic nitrogens is 3. The molecule has 2 heterocycles. The lowest BCUT2D eigenvalue weighted by Crippen LogP contribution is -2.26. The number of nitrogens with zero attached hydrogens (tertiary/aromatic N) is 3. The Morgan fingerprint density at radius 1 is 1.16 bits per heavy atom. The summed E-state index contributed by atoms with van der Waals surface area (Å²) in [5, 5.41) is 11.2. The van der Waals surface area contributed by atoms with Crippen molar-refractivity contribution in [3.63, 3.8) is 0 Å². The van der Waals surface area contributed by atoms with E-state index >= 15 is 0 Å². The first-order valence-corrected chi connectivity index (χ1v) is 11.4. The predicted molar refractivity (Wildman–Crippen MR) is 123 cm³/mol. The van der Waals surface area contributed by atoms with Gasteiger partial charge in [0.15, 0.2) is 5.65 Å². The number of aryl methyl sites for hydroxylation is 1. The first-order chi connectivity index (χ1) is 15.1. The number of carbonyl (C=O) groups excluding carboxylic acids is 1. The third kappa shape index (κ3) is 4.22. The van der Waals surface area contributed by atoms with E-state index in [-0.39, 0.29) is 5.91 Å². The summed E-state index contributed by atoms with van der Waals surface area (Å²) in [6.45, 7) is 2.90. The molecular weight excluding hydrogens is 388 g/mol. The van der Waals surface area contributed by atoms with Crippen LogP contribution in [0.2, 0.25) is 0 Å². The van der Waals surface area contributed by atoms with Crippen molar-refractivity contribution in [2.45, 2.75) is 57.9 Å². The Bertz CT molecular complexity index is 1110. The van der Waals surface area contributed by atoms with Gasteiger partial charge in [0.2, 0.25) is 0 Å². The van der Waals surface area contributed by atoms with E-state index < -0.39 is 0 Å². The summed E-state index contributed by atoms with van der Waals surface area (Å²) in [4.78, 5) is 17.0. The van der Waals surface area contributed by atoms with Crippen molar-refractivity contribution in [1.82, 2.24) is 19.9 Å². The highest BCUT2D eigenvalue weighted by atomic mass is 16.1. The lowest BCUT2D eigenvalue weighted by atomic mass is 9.89. The molecule has 0 saturated heterocycles. The number of fused-ring (bicyclic) bond motifs is 1. The normalized spacial score (nSPS) is 17.1. The fraction of sp³-hybridized carbons (Fsp3) is 0.458. The summed E-state index contributed by atoms with van der Waals surface area (Å²) in [6.07, 6.45) is 10.5. The Labute approximate surface area is 182 Å². The van der Waals surface area contributed by atoms with E-state index in [4.69, 9.17) is 5.73 Å². The minimum absolute atomic E-state index is 0.00276. The molecule has 2 aliphatic carbocycles. The molecular formula is C24H30N6O. The van der Waals surface area contributed by atoms with Crippen LogP contribution in [-0.4, -0.2) is 33.1 Å². The van der Waals surface area contributed by atoms with Crippen LogP contribution in [0.3, 0.4) is 0 Å². The fourth-order valence-electron chi connectivity index (χ4n) is 4.53. The topological polar surface area (TPSA) is 97.3 Å². The van der Waals surface area contributed by atoms with Crippen LogP contribution in [0.4, 0.5) is 11.6 Å². The zero-order chi connectivity index (χ0) is 21.4. The van der Waals surface area contributed by atoms with Crippen molar-refractivity contribution in [3.05, 3.63) is 41.6 Å². The highest BCUT2D eigenvalue weighted by molar-refractivity contribution is 5.97. The number of hydrogen-bond acceptors (Lipinski definition) is 5. The third-order valence-corrected chi connectivity index (χ3v) is 6.48. The van der Waals surface area contributed by atoms with Crippen LogP contribution < -0.4 is 16.4 Å². The second-order valence-corrected chi connectivity index (χ2v) is 9.02. The van der Waals surface area contributed by atoms with Gasteiger partial charge in [0.25, 0.3) is 5.91 Å². The van der Waals surface area contributed by atoms with E-state index in [9.17, 15) is 4.79 Å². The monoisotopic (exact) mass is 418 g/mol. The minimum atomic E-state index is 0.00276. The maximum Gasteiger partial charge on any atom is 0.251 e. The summed E-state index contributed by atoms with van der Waals surface area (Å²) in [7, 11) is 0. The molecule has 2 aromatic heterocycles. The number of nitrogens with two attached hydrogens (primary N) is 1. The summed E-state index contributed by atoms with van der Waals surface area (Å²) < 4.78 is 1.83. The summed E-state index contributed by atoms with van der Waals surface area (Å²) in [5.41, 5.74) is 10.4.